The number of ether oxygens (including phenoxy) is 1. The lowest BCUT2D eigenvalue weighted by Crippen LogP contribution is -2.60. The third kappa shape index (κ3) is 7.66. The molecule has 0 N–H and O–H groups in total. The van der Waals surface area contributed by atoms with Crippen LogP contribution in [0.4, 0.5) is 17.1 Å². The molecule has 3 aliphatic heterocycles. The van der Waals surface area contributed by atoms with Crippen molar-refractivity contribution in [1.82, 2.24) is 4.57 Å². The zero-order valence-electron chi connectivity index (χ0n) is 63.2. The number of hydrogen-bond donors (Lipinski definition) is 0. The molecule has 0 bridgehead atoms. The van der Waals surface area contributed by atoms with E-state index in [0.29, 0.717) is 11.4 Å². The maximum absolute atomic E-state index is 10.1. The highest BCUT2D eigenvalue weighted by atomic mass is 32.2. The highest BCUT2D eigenvalue weighted by molar-refractivity contribution is 8.00. The van der Waals surface area contributed by atoms with Crippen LogP contribution in [0.2, 0.25) is 0 Å². The summed E-state index contributed by atoms with van der Waals surface area (Å²) in [7, 11) is 0. The van der Waals surface area contributed by atoms with Gasteiger partial charge in [0.05, 0.1) is 38.5 Å². The average Bonchev–Trinajstić information content (AvgIpc) is 1.67. The molecule has 1 aromatic heterocycles. The second kappa shape index (κ2) is 21.4. The van der Waals surface area contributed by atoms with E-state index in [1.807, 2.05) is 12.1 Å². The molecule has 0 radical (unpaired) electrons. The Labute approximate surface area is 613 Å². The summed E-state index contributed by atoms with van der Waals surface area (Å²) in [6.45, 7) is -0.527. The maximum Gasteiger partial charge on any atom is 0.249 e. The van der Waals surface area contributed by atoms with Crippen LogP contribution in [-0.4, -0.2) is 11.3 Å². The minimum atomic E-state index is -0.876. The molecule has 0 atom stereocenters. The Hall–Kier alpha value is -12.7. The molecule has 4 heterocycles. The third-order valence-electron chi connectivity index (χ3n) is 23.0. The van der Waals surface area contributed by atoms with Gasteiger partial charge in [0, 0.05) is 71.5 Å². The smallest absolute Gasteiger partial charge is 0.249 e. The molecule has 0 unspecified atom stereocenters. The summed E-state index contributed by atoms with van der Waals surface area (Å²) < 4.78 is 86.5. The molecule has 5 heteroatoms. The average molecular weight is 1330 g/mol. The van der Waals surface area contributed by atoms with Crippen molar-refractivity contribution in [2.24, 2.45) is 0 Å². The Morgan fingerprint density at radius 2 is 0.786 bits per heavy atom. The first kappa shape index (κ1) is 49.8. The molecule has 0 saturated heterocycles. The highest BCUT2D eigenvalue weighted by Gasteiger charge is 2.56. The Bertz CT molecular complexity index is 6790. The van der Waals surface area contributed by atoms with Gasteiger partial charge < -0.3 is 14.2 Å². The van der Waals surface area contributed by atoms with E-state index < -0.39 is 53.8 Å². The number of rotatable bonds is 6. The molecule has 103 heavy (non-hydrogen) atoms. The van der Waals surface area contributed by atoms with Crippen molar-refractivity contribution < 1.29 is 15.7 Å². The van der Waals surface area contributed by atoms with E-state index in [1.54, 1.807) is 16.3 Å². The van der Waals surface area contributed by atoms with Gasteiger partial charge in [-0.3, -0.25) is 0 Å². The van der Waals surface area contributed by atoms with Crippen molar-refractivity contribution in [1.29, 1.82) is 0 Å². The molecule has 0 fully saturated rings. The van der Waals surface area contributed by atoms with Crippen LogP contribution in [0.15, 0.2) is 368 Å². The van der Waals surface area contributed by atoms with Gasteiger partial charge in [0.25, 0.3) is 0 Å². The maximum atomic E-state index is 10.1. The Morgan fingerprint density at radius 3 is 1.36 bits per heavy atom. The molecule has 476 valence electrons. The SMILES string of the molecule is [2H]c1c([2H])c([2H])c2c(c1[2H])c1c([2H])c([2H])c([2H])c([2H])c1n2-c1cc2c3c(c1)N(c1c(-c4cccc(-c5ccccc5)c4)cccc1-c1cccc(-c4ccccc4)c1)c1cc4c(cc1B3c1ccc3c(c1S2)-c1ccccc1C31c2ccccc2-c2ccccc21)C1(c2ccccc2O4)c2ccccc2-c2ccccc21. The molecule has 0 amide bonds. The van der Waals surface area contributed by atoms with Crippen LogP contribution in [0.1, 0.15) is 55.5 Å². The zero-order valence-corrected chi connectivity index (χ0v) is 56.0. The Kier molecular flexibility index (Phi) is 10.4. The zero-order chi connectivity index (χ0) is 74.2. The molecular formula is C98H59BN2OS. The molecule has 0 saturated carbocycles. The number of fused-ring (bicyclic) bond motifs is 27. The normalized spacial score (nSPS) is 15.3. The van der Waals surface area contributed by atoms with Crippen LogP contribution in [0.25, 0.3) is 105 Å². The molecule has 17 aromatic rings. The lowest BCUT2D eigenvalue weighted by Gasteiger charge is -2.45. The molecule has 2 spiro atoms. The summed E-state index contributed by atoms with van der Waals surface area (Å²) in [4.78, 5) is 4.35. The van der Waals surface area contributed by atoms with Gasteiger partial charge in [-0.25, -0.2) is 0 Å². The van der Waals surface area contributed by atoms with Gasteiger partial charge >= 0.3 is 0 Å². The quantitative estimate of drug-likeness (QED) is 0.155. The fourth-order valence-electron chi connectivity index (χ4n) is 19.0. The second-order valence-electron chi connectivity index (χ2n) is 27.8. The number of anilines is 3. The van der Waals surface area contributed by atoms with Gasteiger partial charge in [-0.2, -0.15) is 0 Å². The van der Waals surface area contributed by atoms with Crippen molar-refractivity contribution in [2.75, 3.05) is 4.90 Å². The summed E-state index contributed by atoms with van der Waals surface area (Å²) >= 11 is 1.70. The summed E-state index contributed by atoms with van der Waals surface area (Å²) in [6.07, 6.45) is 0. The van der Waals surface area contributed by atoms with E-state index in [1.165, 1.54) is 33.4 Å². The monoisotopic (exact) mass is 1330 g/mol. The van der Waals surface area contributed by atoms with Crippen LogP contribution >= 0.6 is 11.8 Å². The summed E-state index contributed by atoms with van der Waals surface area (Å²) in [5, 5.41) is 0.00290. The van der Waals surface area contributed by atoms with Gasteiger partial charge in [-0.05, 0) is 148 Å². The molecule has 6 aliphatic rings. The first-order chi connectivity index (χ1) is 54.4. The van der Waals surface area contributed by atoms with E-state index >= 15 is 0 Å². The lowest BCUT2D eigenvalue weighted by atomic mass is 9.34. The van der Waals surface area contributed by atoms with Gasteiger partial charge in [0.1, 0.15) is 11.5 Å². The Morgan fingerprint density at radius 1 is 0.330 bits per heavy atom. The van der Waals surface area contributed by atoms with E-state index in [9.17, 15) is 11.0 Å². The minimum absolute atomic E-state index is 0.00145. The van der Waals surface area contributed by atoms with Gasteiger partial charge in [-0.15, -0.1) is 0 Å². The largest absolute Gasteiger partial charge is 0.457 e. The van der Waals surface area contributed by atoms with E-state index in [2.05, 4.69) is 302 Å². The van der Waals surface area contributed by atoms with Crippen molar-refractivity contribution in [3.63, 3.8) is 0 Å². The minimum Gasteiger partial charge on any atom is -0.457 e. The predicted molar refractivity (Wildman–Crippen MR) is 426 cm³/mol. The standard InChI is InChI=1S/C98H59BN2OS/c1-3-26-60(27-4-1)62-30-23-32-64(54-62)67-41-25-42-68(65-33-24-31-63(55-65)61-28-5-2-6-29-61)95(67)101-88-59-91-83(98(81-48-19-22-51-90(81)102-91)78-45-16-9-36-71(78)72-37-10-17-46-79(72)98)58-85(88)99-84-53-52-82-93(75-40-11-18-47-80(75)97(82)76-43-14-7-34-69(76)70-35-8-15-44-77(70)97)96(84)103-92-57-66(56-89(101)94(92)99)100-86-49-20-12-38-73(86)74-39-13-21-50-87(74)100/h1-59H/i12D,13D,20D,21D,38D,39D,49D,50D. The first-order valence-electron chi connectivity index (χ1n) is 39.2. The van der Waals surface area contributed by atoms with Crippen molar-refractivity contribution in [2.45, 2.75) is 20.6 Å². The fraction of sp³-hybridized carbons (Fsp3) is 0.0204. The predicted octanol–water partition coefficient (Wildman–Crippen LogP) is 23.0. The van der Waals surface area contributed by atoms with Gasteiger partial charge in [0.2, 0.25) is 6.71 Å². The van der Waals surface area contributed by atoms with Crippen LogP contribution < -0.4 is 26.0 Å². The fourth-order valence-corrected chi connectivity index (χ4v) is 20.4. The number of nitrogens with zero attached hydrogens (tertiary/aromatic N) is 2. The molecule has 23 rings (SSSR count). The lowest BCUT2D eigenvalue weighted by molar-refractivity contribution is 0.437. The Balaban J connectivity index is 0.906. The summed E-state index contributed by atoms with van der Waals surface area (Å²) in [6, 6.07) is 108. The summed E-state index contributed by atoms with van der Waals surface area (Å²) in [5.41, 5.74) is 28.5. The van der Waals surface area contributed by atoms with Crippen molar-refractivity contribution in [3.8, 4) is 95.1 Å². The summed E-state index contributed by atoms with van der Waals surface area (Å²) in [5.74, 6) is 1.40. The van der Waals surface area contributed by atoms with E-state index in [-0.39, 0.29) is 33.9 Å². The van der Waals surface area contributed by atoms with Crippen LogP contribution in [0, 0.1) is 0 Å². The second-order valence-corrected chi connectivity index (χ2v) is 28.8. The highest BCUT2D eigenvalue weighted by Crippen LogP contribution is 2.66. The number of benzene rings is 16. The van der Waals surface area contributed by atoms with Crippen LogP contribution in [0.5, 0.6) is 11.5 Å². The first-order valence-corrected chi connectivity index (χ1v) is 36.0. The number of aromatic nitrogens is 1. The number of para-hydroxylation sites is 4. The molecular weight excluding hydrogens is 1260 g/mol. The van der Waals surface area contributed by atoms with Crippen molar-refractivity contribution in [3.05, 3.63) is 402 Å². The van der Waals surface area contributed by atoms with Gasteiger partial charge in [-0.1, -0.05) is 326 Å². The third-order valence-corrected chi connectivity index (χ3v) is 24.2. The molecule has 3 aliphatic carbocycles. The van der Waals surface area contributed by atoms with Crippen molar-refractivity contribution >= 4 is 73.7 Å². The van der Waals surface area contributed by atoms with Crippen LogP contribution in [-0.2, 0) is 10.8 Å². The molecule has 16 aromatic carbocycles. The van der Waals surface area contributed by atoms with E-state index in [0.717, 1.165) is 138 Å². The topological polar surface area (TPSA) is 17.4 Å². The van der Waals surface area contributed by atoms with E-state index in [4.69, 9.17) is 4.74 Å². The van der Waals surface area contributed by atoms with Crippen LogP contribution in [0.3, 0.4) is 0 Å². The molecule has 3 nitrogen and oxygen atoms in total. The van der Waals surface area contributed by atoms with Gasteiger partial charge in [0.15, 0.2) is 0 Å². The number of hydrogen-bond acceptors (Lipinski definition) is 3.